The van der Waals surface area contributed by atoms with E-state index in [2.05, 4.69) is 51.8 Å². The monoisotopic (exact) mass is 458 g/mol. The van der Waals surface area contributed by atoms with Gasteiger partial charge in [0.2, 0.25) is 0 Å². The van der Waals surface area contributed by atoms with Gasteiger partial charge in [0.25, 0.3) is 0 Å². The van der Waals surface area contributed by atoms with Gasteiger partial charge in [0, 0.05) is 11.6 Å². The predicted molar refractivity (Wildman–Crippen MR) is 132 cm³/mol. The summed E-state index contributed by atoms with van der Waals surface area (Å²) in [6.45, 7) is 2.13. The van der Waals surface area contributed by atoms with Gasteiger partial charge in [-0.3, -0.25) is 0 Å². The average Bonchev–Trinajstić information content (AvgIpc) is 3.40. The summed E-state index contributed by atoms with van der Waals surface area (Å²) >= 11 is 6.27. The van der Waals surface area contributed by atoms with Gasteiger partial charge in [-0.05, 0) is 67.8 Å². The number of nitrogens with zero attached hydrogens (tertiary/aromatic N) is 3. The van der Waals surface area contributed by atoms with Crippen LogP contribution >= 0.6 is 11.6 Å². The second-order valence-corrected chi connectivity index (χ2v) is 9.41. The molecule has 5 aromatic rings. The minimum atomic E-state index is -0.392. The lowest BCUT2D eigenvalue weighted by Crippen LogP contribution is -2.14. The van der Waals surface area contributed by atoms with Crippen molar-refractivity contribution in [3.63, 3.8) is 0 Å². The van der Waals surface area contributed by atoms with E-state index in [-0.39, 0.29) is 0 Å². The number of hydrogen-bond acceptors (Lipinski definition) is 2. The van der Waals surface area contributed by atoms with Crippen molar-refractivity contribution in [2.24, 2.45) is 0 Å². The summed E-state index contributed by atoms with van der Waals surface area (Å²) in [4.78, 5) is 12.9. The Balaban J connectivity index is 1.51. The molecule has 0 saturated heterocycles. The Labute approximate surface area is 196 Å². The molecule has 1 N–H and O–H groups in total. The molecular weight excluding hydrogens is 435 g/mol. The van der Waals surface area contributed by atoms with Crippen LogP contribution in [0.15, 0.2) is 54.6 Å². The van der Waals surface area contributed by atoms with Crippen LogP contribution in [0.25, 0.3) is 44.8 Å². The summed E-state index contributed by atoms with van der Waals surface area (Å²) in [5, 5.41) is 0.337. The van der Waals surface area contributed by atoms with Crippen molar-refractivity contribution in [1.29, 1.82) is 0 Å². The molecule has 1 saturated carbocycles. The molecule has 3 aromatic carbocycles. The van der Waals surface area contributed by atoms with Crippen LogP contribution in [0.3, 0.4) is 0 Å². The Morgan fingerprint density at radius 2 is 1.79 bits per heavy atom. The maximum absolute atomic E-state index is 14.5. The van der Waals surface area contributed by atoms with E-state index in [1.165, 1.54) is 49.3 Å². The lowest BCUT2D eigenvalue weighted by molar-refractivity contribution is 0.362. The van der Waals surface area contributed by atoms with E-state index in [0.29, 0.717) is 22.5 Å². The molecule has 4 nitrogen and oxygen atoms in total. The summed E-state index contributed by atoms with van der Waals surface area (Å²) in [5.41, 5.74) is 6.37. The molecule has 2 aromatic heterocycles. The fourth-order valence-electron chi connectivity index (χ4n) is 5.11. The van der Waals surface area contributed by atoms with Crippen molar-refractivity contribution in [3.8, 4) is 22.8 Å². The number of halogens is 2. The summed E-state index contributed by atoms with van der Waals surface area (Å²) in [6, 6.07) is 17.7. The fourth-order valence-corrected chi connectivity index (χ4v) is 5.36. The van der Waals surface area contributed by atoms with Gasteiger partial charge in [-0.25, -0.2) is 14.4 Å². The Morgan fingerprint density at radius 3 is 2.61 bits per heavy atom. The number of imidazole rings is 2. The highest BCUT2D eigenvalue weighted by molar-refractivity contribution is 6.33. The zero-order chi connectivity index (χ0) is 22.5. The highest BCUT2D eigenvalue weighted by Gasteiger charge is 2.23. The molecule has 0 radical (unpaired) electrons. The number of aryl methyl sites for hydroxylation is 1. The van der Waals surface area contributed by atoms with Crippen LogP contribution in [0.2, 0.25) is 5.02 Å². The van der Waals surface area contributed by atoms with Gasteiger partial charge in [-0.15, -0.1) is 0 Å². The van der Waals surface area contributed by atoms with Gasteiger partial charge in [-0.2, -0.15) is 0 Å². The molecule has 33 heavy (non-hydrogen) atoms. The topological polar surface area (TPSA) is 46.5 Å². The van der Waals surface area contributed by atoms with E-state index in [9.17, 15) is 4.39 Å². The minimum Gasteiger partial charge on any atom is -0.338 e. The molecule has 0 unspecified atom stereocenters. The third kappa shape index (κ3) is 3.51. The SMILES string of the molecule is Cc1ccc2nc(-c3ccc4nc(-c5c(F)cccc5Cl)[nH]c4c3)n(C3CCCCC3)c2c1. The van der Waals surface area contributed by atoms with Crippen LogP contribution < -0.4 is 0 Å². The van der Waals surface area contributed by atoms with Gasteiger partial charge in [0.1, 0.15) is 17.5 Å². The smallest absolute Gasteiger partial charge is 0.142 e. The summed E-state index contributed by atoms with van der Waals surface area (Å²) in [5.74, 6) is 1.02. The third-order valence-electron chi connectivity index (χ3n) is 6.72. The molecule has 0 atom stereocenters. The number of fused-ring (bicyclic) bond motifs is 2. The molecule has 0 aliphatic heterocycles. The maximum atomic E-state index is 14.5. The molecule has 0 bridgehead atoms. The van der Waals surface area contributed by atoms with E-state index < -0.39 is 5.82 Å². The van der Waals surface area contributed by atoms with Crippen molar-refractivity contribution >= 4 is 33.7 Å². The molecule has 0 amide bonds. The molecule has 2 heterocycles. The summed E-state index contributed by atoms with van der Waals surface area (Å²) in [6.07, 6.45) is 6.16. The van der Waals surface area contributed by atoms with E-state index in [0.717, 1.165) is 27.9 Å². The second kappa shape index (κ2) is 7.99. The van der Waals surface area contributed by atoms with Crippen LogP contribution in [0.1, 0.15) is 43.7 Å². The largest absolute Gasteiger partial charge is 0.338 e. The molecule has 1 fully saturated rings. The molecule has 0 spiro atoms. The van der Waals surface area contributed by atoms with Crippen molar-refractivity contribution in [1.82, 2.24) is 19.5 Å². The number of benzene rings is 3. The van der Waals surface area contributed by atoms with E-state index in [1.54, 1.807) is 12.1 Å². The molecule has 6 heteroatoms. The Kier molecular flexibility index (Phi) is 4.95. The molecular formula is C27H24ClFN4. The van der Waals surface area contributed by atoms with Gasteiger partial charge in [0.15, 0.2) is 0 Å². The molecule has 1 aliphatic carbocycles. The fraction of sp³-hybridized carbons (Fsp3) is 0.259. The first-order valence-electron chi connectivity index (χ1n) is 11.5. The first-order chi connectivity index (χ1) is 16.1. The first kappa shape index (κ1) is 20.4. The van der Waals surface area contributed by atoms with Gasteiger partial charge in [0.05, 0.1) is 32.7 Å². The average molecular weight is 459 g/mol. The Hall–Kier alpha value is -3.18. The Morgan fingerprint density at radius 1 is 0.970 bits per heavy atom. The number of nitrogens with one attached hydrogen (secondary N) is 1. The highest BCUT2D eigenvalue weighted by atomic mass is 35.5. The summed E-state index contributed by atoms with van der Waals surface area (Å²) in [7, 11) is 0. The lowest BCUT2D eigenvalue weighted by Gasteiger charge is -2.25. The zero-order valence-corrected chi connectivity index (χ0v) is 19.2. The number of aromatic amines is 1. The minimum absolute atomic E-state index is 0.293. The molecule has 1 aliphatic rings. The van der Waals surface area contributed by atoms with Crippen molar-refractivity contribution in [2.45, 2.75) is 45.1 Å². The van der Waals surface area contributed by atoms with Crippen molar-refractivity contribution in [2.75, 3.05) is 0 Å². The summed E-state index contributed by atoms with van der Waals surface area (Å²) < 4.78 is 16.9. The van der Waals surface area contributed by atoms with Crippen LogP contribution in [-0.2, 0) is 0 Å². The number of rotatable bonds is 3. The van der Waals surface area contributed by atoms with Gasteiger partial charge in [-0.1, -0.05) is 43.0 Å². The number of H-pyrrole nitrogens is 1. The normalized spacial score (nSPS) is 15.0. The first-order valence-corrected chi connectivity index (χ1v) is 11.9. The van der Waals surface area contributed by atoms with Crippen molar-refractivity contribution < 1.29 is 4.39 Å². The van der Waals surface area contributed by atoms with E-state index in [4.69, 9.17) is 16.6 Å². The number of aromatic nitrogens is 4. The predicted octanol–water partition coefficient (Wildman–Crippen LogP) is 7.85. The molecule has 6 rings (SSSR count). The van der Waals surface area contributed by atoms with Gasteiger partial charge >= 0.3 is 0 Å². The lowest BCUT2D eigenvalue weighted by atomic mass is 9.94. The van der Waals surface area contributed by atoms with Crippen LogP contribution in [0.5, 0.6) is 0 Å². The van der Waals surface area contributed by atoms with E-state index >= 15 is 0 Å². The van der Waals surface area contributed by atoms with Gasteiger partial charge < -0.3 is 9.55 Å². The quantitative estimate of drug-likeness (QED) is 0.299. The third-order valence-corrected chi connectivity index (χ3v) is 7.04. The molecule has 166 valence electrons. The van der Waals surface area contributed by atoms with Crippen molar-refractivity contribution in [3.05, 3.63) is 71.0 Å². The highest BCUT2D eigenvalue weighted by Crippen LogP contribution is 2.37. The maximum Gasteiger partial charge on any atom is 0.142 e. The van der Waals surface area contributed by atoms with Crippen LogP contribution in [0.4, 0.5) is 4.39 Å². The standard InChI is InChI=1S/C27H24ClFN4/c1-16-10-12-22-24(14-16)33(18-6-3-2-4-7-18)27(32-22)17-11-13-21-23(15-17)31-26(30-21)25-19(28)8-5-9-20(25)29/h5,8-15,18H,2-4,6-7H2,1H3,(H,30,31). The Bertz CT molecular complexity index is 1470. The zero-order valence-electron chi connectivity index (χ0n) is 18.4. The second-order valence-electron chi connectivity index (χ2n) is 9.00. The van der Waals surface area contributed by atoms with Crippen LogP contribution in [0, 0.1) is 12.7 Å². The number of hydrogen-bond donors (Lipinski definition) is 1. The van der Waals surface area contributed by atoms with E-state index in [1.807, 2.05) is 6.07 Å². The van der Waals surface area contributed by atoms with Crippen LogP contribution in [-0.4, -0.2) is 19.5 Å².